The number of hydrogen-bond acceptors (Lipinski definition) is 2. The Kier molecular flexibility index (Phi) is 6.14. The number of hydrogen-bond donors (Lipinski definition) is 2. The van der Waals surface area contributed by atoms with Crippen LogP contribution in [0.5, 0.6) is 0 Å². The Morgan fingerprint density at radius 1 is 1.12 bits per heavy atom. The lowest BCUT2D eigenvalue weighted by atomic mass is 9.95. The summed E-state index contributed by atoms with van der Waals surface area (Å²) in [6.45, 7) is 1.08. The van der Waals surface area contributed by atoms with E-state index in [4.69, 9.17) is 0 Å². The van der Waals surface area contributed by atoms with Gasteiger partial charge in [-0.05, 0) is 32.2 Å². The number of carbonyl (C=O) groups excluding carboxylic acids is 1. The highest BCUT2D eigenvalue weighted by atomic mass is 35.5. The first-order valence-electron chi connectivity index (χ1n) is 6.37. The fourth-order valence-electron chi connectivity index (χ4n) is 2.69. The second kappa shape index (κ2) is 7.13. The molecule has 4 heteroatoms. The van der Waals surface area contributed by atoms with Crippen LogP contribution in [-0.4, -0.2) is 24.5 Å². The van der Waals surface area contributed by atoms with Crippen LogP contribution in [0.3, 0.4) is 0 Å². The summed E-state index contributed by atoms with van der Waals surface area (Å²) >= 11 is 0. The third-order valence-electron chi connectivity index (χ3n) is 3.56. The predicted octanol–water partition coefficient (Wildman–Crippen LogP) is 2.00. The van der Waals surface area contributed by atoms with Gasteiger partial charge in [-0.2, -0.15) is 0 Å². The minimum absolute atomic E-state index is 0. The van der Waals surface area contributed by atoms with Crippen LogP contribution < -0.4 is 10.6 Å². The van der Waals surface area contributed by atoms with E-state index in [9.17, 15) is 4.79 Å². The van der Waals surface area contributed by atoms with Crippen molar-refractivity contribution in [3.05, 3.63) is 0 Å². The Balaban J connectivity index is 0.00000128. The number of halogens is 1. The first-order chi connectivity index (χ1) is 7.34. The Bertz CT molecular complexity index is 211. The summed E-state index contributed by atoms with van der Waals surface area (Å²) in [5.41, 5.74) is 0. The van der Waals surface area contributed by atoms with Gasteiger partial charge in [0.15, 0.2) is 0 Å². The van der Waals surface area contributed by atoms with E-state index in [1.165, 1.54) is 38.5 Å². The molecular formula is C12H23ClN2O. The van der Waals surface area contributed by atoms with E-state index in [2.05, 4.69) is 10.6 Å². The fourth-order valence-corrected chi connectivity index (χ4v) is 2.69. The summed E-state index contributed by atoms with van der Waals surface area (Å²) in [4.78, 5) is 11.7. The second-order valence-electron chi connectivity index (χ2n) is 4.90. The van der Waals surface area contributed by atoms with Crippen LogP contribution in [0, 0.1) is 0 Å². The fraction of sp³-hybridized carbons (Fsp3) is 0.917. The van der Waals surface area contributed by atoms with E-state index < -0.39 is 0 Å². The second-order valence-corrected chi connectivity index (χ2v) is 4.90. The maximum Gasteiger partial charge on any atom is 0.221 e. The highest BCUT2D eigenvalue weighted by Gasteiger charge is 2.20. The molecule has 0 aromatic rings. The molecule has 2 N–H and O–H groups in total. The first kappa shape index (κ1) is 13.8. The van der Waals surface area contributed by atoms with Gasteiger partial charge in [0.25, 0.3) is 0 Å². The van der Waals surface area contributed by atoms with Crippen molar-refractivity contribution >= 4 is 18.3 Å². The van der Waals surface area contributed by atoms with Crippen molar-refractivity contribution in [3.8, 4) is 0 Å². The molecule has 94 valence electrons. The summed E-state index contributed by atoms with van der Waals surface area (Å²) in [6.07, 6.45) is 9.35. The molecule has 0 spiro atoms. The molecule has 1 unspecified atom stereocenters. The van der Waals surface area contributed by atoms with E-state index >= 15 is 0 Å². The average Bonchev–Trinajstić information content (AvgIpc) is 2.71. The van der Waals surface area contributed by atoms with Gasteiger partial charge in [-0.15, -0.1) is 12.4 Å². The number of nitrogens with one attached hydrogen (secondary N) is 2. The van der Waals surface area contributed by atoms with E-state index in [0.29, 0.717) is 18.5 Å². The molecule has 1 heterocycles. The van der Waals surface area contributed by atoms with Crippen LogP contribution >= 0.6 is 12.4 Å². The van der Waals surface area contributed by atoms with Crippen molar-refractivity contribution in [1.82, 2.24) is 10.6 Å². The van der Waals surface area contributed by atoms with Crippen LogP contribution in [0.1, 0.15) is 51.4 Å². The highest BCUT2D eigenvalue weighted by Crippen LogP contribution is 2.17. The maximum absolute atomic E-state index is 11.7. The van der Waals surface area contributed by atoms with Crippen molar-refractivity contribution in [1.29, 1.82) is 0 Å². The lowest BCUT2D eigenvalue weighted by Crippen LogP contribution is -2.39. The third kappa shape index (κ3) is 4.30. The summed E-state index contributed by atoms with van der Waals surface area (Å²) in [5.74, 6) is 0.251. The zero-order valence-corrected chi connectivity index (χ0v) is 10.7. The molecule has 1 saturated carbocycles. The normalized spacial score (nSPS) is 26.1. The molecule has 0 aromatic heterocycles. The average molecular weight is 247 g/mol. The maximum atomic E-state index is 11.7. The van der Waals surface area contributed by atoms with Crippen molar-refractivity contribution in [2.75, 3.05) is 6.54 Å². The van der Waals surface area contributed by atoms with Crippen LogP contribution in [0.25, 0.3) is 0 Å². The summed E-state index contributed by atoms with van der Waals surface area (Å²) < 4.78 is 0. The molecule has 3 nitrogen and oxygen atoms in total. The largest absolute Gasteiger partial charge is 0.353 e. The van der Waals surface area contributed by atoms with Crippen LogP contribution in [0.15, 0.2) is 0 Å². The summed E-state index contributed by atoms with van der Waals surface area (Å²) in [6, 6.07) is 0.904. The molecule has 0 aromatic carbocycles. The Morgan fingerprint density at radius 2 is 1.88 bits per heavy atom. The molecule has 2 rings (SSSR count). The lowest BCUT2D eigenvalue weighted by Gasteiger charge is -2.23. The van der Waals surface area contributed by atoms with Gasteiger partial charge in [-0.25, -0.2) is 0 Å². The quantitative estimate of drug-likeness (QED) is 0.800. The summed E-state index contributed by atoms with van der Waals surface area (Å²) in [7, 11) is 0. The zero-order chi connectivity index (χ0) is 10.5. The van der Waals surface area contributed by atoms with Crippen molar-refractivity contribution in [3.63, 3.8) is 0 Å². The predicted molar refractivity (Wildman–Crippen MR) is 67.9 cm³/mol. The molecule has 1 aliphatic heterocycles. The minimum Gasteiger partial charge on any atom is -0.353 e. The van der Waals surface area contributed by atoms with Crippen molar-refractivity contribution < 1.29 is 4.79 Å². The zero-order valence-electron chi connectivity index (χ0n) is 9.84. The topological polar surface area (TPSA) is 41.1 Å². The molecule has 2 fully saturated rings. The van der Waals surface area contributed by atoms with Crippen molar-refractivity contribution in [2.45, 2.75) is 63.5 Å². The van der Waals surface area contributed by atoms with Gasteiger partial charge in [0.2, 0.25) is 5.91 Å². The number of rotatable bonds is 3. The molecular weight excluding hydrogens is 224 g/mol. The molecule has 1 saturated heterocycles. The van der Waals surface area contributed by atoms with Gasteiger partial charge in [0, 0.05) is 18.5 Å². The first-order valence-corrected chi connectivity index (χ1v) is 6.37. The smallest absolute Gasteiger partial charge is 0.221 e. The van der Waals surface area contributed by atoms with Gasteiger partial charge < -0.3 is 10.6 Å². The minimum atomic E-state index is 0. The monoisotopic (exact) mass is 246 g/mol. The Hall–Kier alpha value is -0.280. The van der Waals surface area contributed by atoms with Gasteiger partial charge in [0.1, 0.15) is 0 Å². The lowest BCUT2D eigenvalue weighted by molar-refractivity contribution is -0.122. The van der Waals surface area contributed by atoms with Crippen molar-refractivity contribution in [2.24, 2.45) is 0 Å². The standard InChI is InChI=1S/C12H22N2O.ClH/c15-12(9-11-7-4-8-13-11)14-10-5-2-1-3-6-10;/h10-11,13H,1-9H2,(H,14,15);1H. The van der Waals surface area contributed by atoms with Gasteiger partial charge in [-0.1, -0.05) is 19.3 Å². The van der Waals surface area contributed by atoms with Crippen LogP contribution in [0.2, 0.25) is 0 Å². The molecule has 16 heavy (non-hydrogen) atoms. The highest BCUT2D eigenvalue weighted by molar-refractivity contribution is 5.85. The van der Waals surface area contributed by atoms with E-state index in [0.717, 1.165) is 13.0 Å². The van der Waals surface area contributed by atoms with Gasteiger partial charge in [-0.3, -0.25) is 4.79 Å². The SMILES string of the molecule is Cl.O=C(CC1CCCN1)NC1CCCCC1. The Labute approximate surface area is 104 Å². The molecule has 2 aliphatic rings. The van der Waals surface area contributed by atoms with Gasteiger partial charge in [0.05, 0.1) is 0 Å². The van der Waals surface area contributed by atoms with Crippen LogP contribution in [-0.2, 0) is 4.79 Å². The molecule has 1 aliphatic carbocycles. The number of amides is 1. The van der Waals surface area contributed by atoms with E-state index in [-0.39, 0.29) is 18.3 Å². The number of carbonyl (C=O) groups is 1. The van der Waals surface area contributed by atoms with E-state index in [1.54, 1.807) is 0 Å². The molecule has 1 atom stereocenters. The Morgan fingerprint density at radius 3 is 2.50 bits per heavy atom. The van der Waals surface area contributed by atoms with Gasteiger partial charge >= 0.3 is 0 Å². The van der Waals surface area contributed by atoms with E-state index in [1.807, 2.05) is 0 Å². The molecule has 0 bridgehead atoms. The summed E-state index contributed by atoms with van der Waals surface area (Å²) in [5, 5.41) is 6.53. The molecule has 1 amide bonds. The molecule has 0 radical (unpaired) electrons. The van der Waals surface area contributed by atoms with Crippen LogP contribution in [0.4, 0.5) is 0 Å². The third-order valence-corrected chi connectivity index (χ3v) is 3.56.